The lowest BCUT2D eigenvalue weighted by molar-refractivity contribution is -0.122. The summed E-state index contributed by atoms with van der Waals surface area (Å²) in [7, 11) is 1.59. The molecule has 0 bridgehead atoms. The lowest BCUT2D eigenvalue weighted by Gasteiger charge is -2.14. The number of benzene rings is 1. The lowest BCUT2D eigenvalue weighted by Crippen LogP contribution is -2.42. The second-order valence-electron chi connectivity index (χ2n) is 4.62. The van der Waals surface area contributed by atoms with E-state index in [4.69, 9.17) is 9.47 Å². The number of aromatic hydroxyl groups is 1. The summed E-state index contributed by atoms with van der Waals surface area (Å²) in [5, 5.41) is 15.5. The fourth-order valence-electron chi connectivity index (χ4n) is 1.73. The van der Waals surface area contributed by atoms with Crippen LogP contribution >= 0.6 is 0 Å². The number of methoxy groups -OCH3 is 1. The molecule has 21 heavy (non-hydrogen) atoms. The zero-order chi connectivity index (χ0) is 15.7. The van der Waals surface area contributed by atoms with Crippen LogP contribution in [-0.4, -0.2) is 43.9 Å². The highest BCUT2D eigenvalue weighted by Crippen LogP contribution is 2.26. The summed E-state index contributed by atoms with van der Waals surface area (Å²) in [6, 6.07) is 4.83. The molecule has 1 unspecified atom stereocenters. The average Bonchev–Trinajstić information content (AvgIpc) is 2.48. The fraction of sp³-hybridized carbons (Fsp3) is 0.533. The normalized spacial score (nSPS) is 12.0. The van der Waals surface area contributed by atoms with Crippen LogP contribution in [0.3, 0.4) is 0 Å². The number of carbonyl (C=O) groups excluding carboxylic acids is 1. The smallest absolute Gasteiger partial charge is 0.236 e. The molecule has 1 aromatic carbocycles. The maximum absolute atomic E-state index is 11.8. The first-order valence-corrected chi connectivity index (χ1v) is 7.03. The van der Waals surface area contributed by atoms with Gasteiger partial charge in [-0.05, 0) is 31.5 Å². The molecule has 0 heterocycles. The van der Waals surface area contributed by atoms with Crippen molar-refractivity contribution in [3.63, 3.8) is 0 Å². The molecular weight excluding hydrogens is 272 g/mol. The Balaban J connectivity index is 2.47. The van der Waals surface area contributed by atoms with Crippen LogP contribution in [0.4, 0.5) is 0 Å². The Kier molecular flexibility index (Phi) is 7.56. The highest BCUT2D eigenvalue weighted by molar-refractivity contribution is 5.81. The van der Waals surface area contributed by atoms with Crippen molar-refractivity contribution in [2.24, 2.45) is 0 Å². The van der Waals surface area contributed by atoms with E-state index in [1.807, 2.05) is 6.92 Å². The van der Waals surface area contributed by atoms with Gasteiger partial charge in [0.05, 0.1) is 19.3 Å². The first-order chi connectivity index (χ1) is 10.1. The lowest BCUT2D eigenvalue weighted by atomic mass is 10.2. The summed E-state index contributed by atoms with van der Waals surface area (Å²) in [4.78, 5) is 11.8. The number of carbonyl (C=O) groups is 1. The number of nitrogens with one attached hydrogen (secondary N) is 2. The van der Waals surface area contributed by atoms with Crippen LogP contribution in [0.5, 0.6) is 11.5 Å². The molecule has 3 N–H and O–H groups in total. The third kappa shape index (κ3) is 6.01. The maximum atomic E-state index is 11.8. The van der Waals surface area contributed by atoms with Crippen molar-refractivity contribution in [3.8, 4) is 11.5 Å². The minimum absolute atomic E-state index is 0.0733. The van der Waals surface area contributed by atoms with Crippen molar-refractivity contribution in [2.75, 3.05) is 26.9 Å². The Hall–Kier alpha value is -1.79. The van der Waals surface area contributed by atoms with Crippen LogP contribution in [0, 0.1) is 0 Å². The van der Waals surface area contributed by atoms with Crippen LogP contribution < -0.4 is 15.4 Å². The molecule has 1 aromatic rings. The van der Waals surface area contributed by atoms with Gasteiger partial charge in [0.25, 0.3) is 0 Å². The summed E-state index contributed by atoms with van der Waals surface area (Å²) < 4.78 is 10.2. The molecule has 0 saturated heterocycles. The van der Waals surface area contributed by atoms with E-state index in [2.05, 4.69) is 10.6 Å². The molecule has 0 aliphatic carbocycles. The molecule has 0 spiro atoms. The van der Waals surface area contributed by atoms with Crippen LogP contribution in [0.25, 0.3) is 0 Å². The molecule has 0 aromatic heterocycles. The van der Waals surface area contributed by atoms with Crippen LogP contribution in [-0.2, 0) is 16.1 Å². The van der Waals surface area contributed by atoms with Gasteiger partial charge in [0, 0.05) is 20.2 Å². The van der Waals surface area contributed by atoms with Crippen molar-refractivity contribution in [1.82, 2.24) is 10.6 Å². The van der Waals surface area contributed by atoms with E-state index in [9.17, 15) is 9.90 Å². The summed E-state index contributed by atoms with van der Waals surface area (Å²) in [5.74, 6) is 0.496. The van der Waals surface area contributed by atoms with E-state index in [0.717, 1.165) is 5.56 Å². The predicted octanol–water partition coefficient (Wildman–Crippen LogP) is 1.03. The standard InChI is InChI=1S/C15H24N2O4/c1-4-21-14-9-12(5-6-13(14)18)10-17-11(2)15(19)16-7-8-20-3/h5-6,9,11,17-18H,4,7-8,10H2,1-3H3,(H,16,19). The highest BCUT2D eigenvalue weighted by atomic mass is 16.5. The number of rotatable bonds is 9. The molecular formula is C15H24N2O4. The second-order valence-corrected chi connectivity index (χ2v) is 4.62. The van der Waals surface area contributed by atoms with Crippen molar-refractivity contribution in [2.45, 2.75) is 26.4 Å². The highest BCUT2D eigenvalue weighted by Gasteiger charge is 2.12. The van der Waals surface area contributed by atoms with Crippen LogP contribution in [0.2, 0.25) is 0 Å². The number of hydrogen-bond acceptors (Lipinski definition) is 5. The zero-order valence-electron chi connectivity index (χ0n) is 12.8. The molecule has 1 atom stereocenters. The summed E-state index contributed by atoms with van der Waals surface area (Å²) in [5.41, 5.74) is 0.938. The van der Waals surface area contributed by atoms with E-state index in [0.29, 0.717) is 32.1 Å². The Bertz CT molecular complexity index is 451. The minimum Gasteiger partial charge on any atom is -0.504 e. The topological polar surface area (TPSA) is 79.8 Å². The summed E-state index contributed by atoms with van der Waals surface area (Å²) >= 11 is 0. The molecule has 0 saturated carbocycles. The van der Waals surface area contributed by atoms with Gasteiger partial charge >= 0.3 is 0 Å². The molecule has 0 aliphatic rings. The third-order valence-electron chi connectivity index (χ3n) is 2.94. The van der Waals surface area contributed by atoms with Crippen molar-refractivity contribution >= 4 is 5.91 Å². The number of ether oxygens (including phenoxy) is 2. The Morgan fingerprint density at radius 1 is 1.43 bits per heavy atom. The monoisotopic (exact) mass is 296 g/mol. The number of phenols is 1. The molecule has 0 radical (unpaired) electrons. The molecule has 0 fully saturated rings. The minimum atomic E-state index is -0.314. The number of phenolic OH excluding ortho intramolecular Hbond substituents is 1. The Morgan fingerprint density at radius 2 is 2.19 bits per heavy atom. The first kappa shape index (κ1) is 17.3. The van der Waals surface area contributed by atoms with Gasteiger partial charge in [0.2, 0.25) is 5.91 Å². The summed E-state index contributed by atoms with van der Waals surface area (Å²) in [6.45, 7) is 5.65. The van der Waals surface area contributed by atoms with Crippen molar-refractivity contribution < 1.29 is 19.4 Å². The van der Waals surface area contributed by atoms with Gasteiger partial charge in [-0.25, -0.2) is 0 Å². The van der Waals surface area contributed by atoms with E-state index in [1.54, 1.807) is 32.2 Å². The van der Waals surface area contributed by atoms with Gasteiger partial charge in [0.15, 0.2) is 11.5 Å². The summed E-state index contributed by atoms with van der Waals surface area (Å²) in [6.07, 6.45) is 0. The van der Waals surface area contributed by atoms with Gasteiger partial charge in [-0.15, -0.1) is 0 Å². The molecule has 6 nitrogen and oxygen atoms in total. The maximum Gasteiger partial charge on any atom is 0.236 e. The van der Waals surface area contributed by atoms with E-state index < -0.39 is 0 Å². The SMILES string of the molecule is CCOc1cc(CNC(C)C(=O)NCCOC)ccc1O. The first-order valence-electron chi connectivity index (χ1n) is 7.03. The number of amides is 1. The second kappa shape index (κ2) is 9.20. The predicted molar refractivity (Wildman–Crippen MR) is 80.5 cm³/mol. The van der Waals surface area contributed by atoms with Crippen LogP contribution in [0.15, 0.2) is 18.2 Å². The number of hydrogen-bond donors (Lipinski definition) is 3. The average molecular weight is 296 g/mol. The van der Waals surface area contributed by atoms with Gasteiger partial charge < -0.3 is 25.2 Å². The van der Waals surface area contributed by atoms with Gasteiger partial charge in [-0.2, -0.15) is 0 Å². The zero-order valence-corrected chi connectivity index (χ0v) is 12.8. The van der Waals surface area contributed by atoms with E-state index in [1.165, 1.54) is 0 Å². The molecule has 6 heteroatoms. The fourth-order valence-corrected chi connectivity index (χ4v) is 1.73. The molecule has 1 amide bonds. The quantitative estimate of drug-likeness (QED) is 0.593. The third-order valence-corrected chi connectivity index (χ3v) is 2.94. The molecule has 118 valence electrons. The molecule has 0 aliphatic heterocycles. The van der Waals surface area contributed by atoms with E-state index in [-0.39, 0.29) is 17.7 Å². The van der Waals surface area contributed by atoms with Gasteiger partial charge in [-0.1, -0.05) is 6.07 Å². The van der Waals surface area contributed by atoms with Crippen molar-refractivity contribution in [1.29, 1.82) is 0 Å². The van der Waals surface area contributed by atoms with Gasteiger partial charge in [0.1, 0.15) is 0 Å². The van der Waals surface area contributed by atoms with Crippen LogP contribution in [0.1, 0.15) is 19.4 Å². The molecule has 1 rings (SSSR count). The Morgan fingerprint density at radius 3 is 2.86 bits per heavy atom. The Labute approximate surface area is 125 Å². The van der Waals surface area contributed by atoms with Crippen molar-refractivity contribution in [3.05, 3.63) is 23.8 Å². The largest absolute Gasteiger partial charge is 0.504 e. The van der Waals surface area contributed by atoms with Gasteiger partial charge in [-0.3, -0.25) is 4.79 Å². The van der Waals surface area contributed by atoms with E-state index >= 15 is 0 Å².